The molecule has 0 aliphatic rings. The van der Waals surface area contributed by atoms with Crippen LogP contribution in [0.2, 0.25) is 0 Å². The highest BCUT2D eigenvalue weighted by Gasteiger charge is 2.17. The number of nitrogens with zero attached hydrogens (tertiary/aromatic N) is 3. The van der Waals surface area contributed by atoms with Gasteiger partial charge in [0.2, 0.25) is 6.54 Å². The van der Waals surface area contributed by atoms with Gasteiger partial charge in [-0.05, 0) is 50.5 Å². The molecule has 0 bridgehead atoms. The third kappa shape index (κ3) is 4.51. The zero-order valence-electron chi connectivity index (χ0n) is 15.9. The number of benzene rings is 1. The van der Waals surface area contributed by atoms with E-state index in [0.717, 1.165) is 59.4 Å². The van der Waals surface area contributed by atoms with Crippen molar-refractivity contribution in [3.8, 4) is 11.3 Å². The third-order valence-electron chi connectivity index (χ3n) is 4.67. The molecule has 0 saturated heterocycles. The van der Waals surface area contributed by atoms with Crippen molar-refractivity contribution in [3.63, 3.8) is 0 Å². The van der Waals surface area contributed by atoms with E-state index in [4.69, 9.17) is 11.6 Å². The molecule has 3 aromatic rings. The van der Waals surface area contributed by atoms with Crippen molar-refractivity contribution in [1.82, 2.24) is 9.38 Å². The van der Waals surface area contributed by atoms with Gasteiger partial charge in [-0.1, -0.05) is 40.5 Å². The number of hydrogen-bond acceptors (Lipinski definition) is 2. The summed E-state index contributed by atoms with van der Waals surface area (Å²) in [5.74, 6) is 1.05. The number of halogens is 1. The van der Waals surface area contributed by atoms with Gasteiger partial charge in [-0.3, -0.25) is 4.40 Å². The monoisotopic (exact) mass is 424 g/mol. The van der Waals surface area contributed by atoms with Crippen LogP contribution in [0.4, 0.5) is 5.82 Å². The first-order chi connectivity index (χ1) is 13.1. The Kier molecular flexibility index (Phi) is 6.52. The highest BCUT2D eigenvalue weighted by Crippen LogP contribution is 2.34. The van der Waals surface area contributed by atoms with Gasteiger partial charge in [0.15, 0.2) is 0 Å². The normalized spacial score (nSPS) is 10.9. The molecule has 0 amide bonds. The van der Waals surface area contributed by atoms with E-state index in [9.17, 15) is 0 Å². The minimum absolute atomic E-state index is 0.644. The Morgan fingerprint density at radius 2 is 1.89 bits per heavy atom. The Morgan fingerprint density at radius 1 is 1.11 bits per heavy atom. The Bertz CT molecular complexity index is 968. The van der Waals surface area contributed by atoms with E-state index in [1.807, 2.05) is 12.1 Å². The topological polar surface area (TPSA) is 33.7 Å². The average molecular weight is 425 g/mol. The van der Waals surface area contributed by atoms with E-state index in [1.54, 1.807) is 0 Å². The predicted molar refractivity (Wildman–Crippen MR) is 116 cm³/mol. The van der Waals surface area contributed by atoms with Gasteiger partial charge in [0.1, 0.15) is 17.2 Å². The van der Waals surface area contributed by atoms with Gasteiger partial charge < -0.3 is 10.2 Å². The summed E-state index contributed by atoms with van der Waals surface area (Å²) in [5.41, 5.74) is 5.44. The summed E-state index contributed by atoms with van der Waals surface area (Å²) in [4.78, 5) is 8.36. The van der Waals surface area contributed by atoms with Gasteiger partial charge in [-0.25, -0.2) is 11.6 Å². The van der Waals surface area contributed by atoms with E-state index >= 15 is 0 Å². The van der Waals surface area contributed by atoms with Crippen LogP contribution >= 0.6 is 15.9 Å². The van der Waals surface area contributed by atoms with Crippen LogP contribution in [-0.2, 0) is 0 Å². The number of aromatic nitrogens is 2. The van der Waals surface area contributed by atoms with E-state index in [0.29, 0.717) is 6.54 Å². The minimum Gasteiger partial charge on any atom is -0.369 e. The number of rotatable bonds is 8. The summed E-state index contributed by atoms with van der Waals surface area (Å²) in [6.45, 7) is 12.6. The molecule has 0 unspecified atom stereocenters. The summed E-state index contributed by atoms with van der Waals surface area (Å²) in [5, 5.41) is 3.63. The van der Waals surface area contributed by atoms with Gasteiger partial charge in [0.05, 0.1) is 0 Å². The lowest BCUT2D eigenvalue weighted by atomic mass is 10.1. The Balaban J connectivity index is 1.88. The number of anilines is 1. The second-order valence-electron chi connectivity index (χ2n) is 6.88. The number of fused-ring (bicyclic) bond motifs is 1. The lowest BCUT2D eigenvalue weighted by molar-refractivity contribution is 0.677. The van der Waals surface area contributed by atoms with Crippen molar-refractivity contribution in [3.05, 3.63) is 63.5 Å². The first-order valence-electron chi connectivity index (χ1n) is 9.43. The first kappa shape index (κ1) is 19.4. The first-order valence-corrected chi connectivity index (χ1v) is 10.2. The number of imidazole rings is 1. The second-order valence-corrected chi connectivity index (χ2v) is 7.73. The van der Waals surface area contributed by atoms with Gasteiger partial charge in [0, 0.05) is 28.7 Å². The van der Waals surface area contributed by atoms with Crippen LogP contribution in [0.5, 0.6) is 0 Å². The standard InChI is InChI=1S/C22H25BrN4/c1-16-14-17(2)27-20(15-16)26-21(18-10-6-7-11-19(18)23)22(27)25-13-9-5-4-8-12-24-3/h6-7,10-11,14-15,25H,4-5,8-9,12-13H2,1-2H3. The molecule has 5 heteroatoms. The van der Waals surface area contributed by atoms with Crippen molar-refractivity contribution in [2.24, 2.45) is 0 Å². The Labute approximate surface area is 169 Å². The second kappa shape index (κ2) is 9.05. The molecular weight excluding hydrogens is 400 g/mol. The Hall–Kier alpha value is -2.32. The molecule has 2 heterocycles. The Morgan fingerprint density at radius 3 is 2.67 bits per heavy atom. The fraction of sp³-hybridized carbons (Fsp3) is 0.364. The molecule has 0 aliphatic heterocycles. The lowest BCUT2D eigenvalue weighted by Crippen LogP contribution is -2.07. The van der Waals surface area contributed by atoms with Crippen molar-refractivity contribution in [2.75, 3.05) is 18.4 Å². The number of pyridine rings is 1. The molecule has 1 aromatic carbocycles. The fourth-order valence-electron chi connectivity index (χ4n) is 3.41. The molecule has 2 aromatic heterocycles. The van der Waals surface area contributed by atoms with E-state index in [2.05, 4.69) is 68.6 Å². The van der Waals surface area contributed by atoms with Gasteiger partial charge in [0.25, 0.3) is 0 Å². The molecule has 0 fully saturated rings. The molecule has 140 valence electrons. The van der Waals surface area contributed by atoms with E-state index in [-0.39, 0.29) is 0 Å². The summed E-state index contributed by atoms with van der Waals surface area (Å²) < 4.78 is 3.26. The van der Waals surface area contributed by atoms with Crippen LogP contribution in [0.3, 0.4) is 0 Å². The van der Waals surface area contributed by atoms with Crippen molar-refractivity contribution in [1.29, 1.82) is 0 Å². The number of hydrogen-bond donors (Lipinski definition) is 1. The highest BCUT2D eigenvalue weighted by atomic mass is 79.9. The molecule has 3 rings (SSSR count). The van der Waals surface area contributed by atoms with Crippen LogP contribution in [-0.4, -0.2) is 22.5 Å². The van der Waals surface area contributed by atoms with Crippen LogP contribution in [0.1, 0.15) is 36.9 Å². The fourth-order valence-corrected chi connectivity index (χ4v) is 3.88. The van der Waals surface area contributed by atoms with Crippen LogP contribution in [0.25, 0.3) is 21.7 Å². The molecule has 4 nitrogen and oxygen atoms in total. The molecule has 0 aliphatic carbocycles. The molecule has 1 N–H and O–H groups in total. The molecule has 0 atom stereocenters. The maximum Gasteiger partial charge on any atom is 0.214 e. The molecule has 0 spiro atoms. The average Bonchev–Trinajstić information content (AvgIpc) is 2.99. The maximum atomic E-state index is 6.85. The van der Waals surface area contributed by atoms with E-state index in [1.165, 1.54) is 11.3 Å². The molecule has 0 saturated carbocycles. The number of nitrogens with one attached hydrogen (secondary N) is 1. The quantitative estimate of drug-likeness (QED) is 0.341. The van der Waals surface area contributed by atoms with Crippen molar-refractivity contribution >= 4 is 27.4 Å². The summed E-state index contributed by atoms with van der Waals surface area (Å²) in [6.07, 6.45) is 4.35. The van der Waals surface area contributed by atoms with Crippen LogP contribution < -0.4 is 5.32 Å². The highest BCUT2D eigenvalue weighted by molar-refractivity contribution is 9.10. The van der Waals surface area contributed by atoms with Gasteiger partial charge >= 0.3 is 0 Å². The van der Waals surface area contributed by atoms with Gasteiger partial charge in [-0.2, -0.15) is 0 Å². The van der Waals surface area contributed by atoms with E-state index < -0.39 is 0 Å². The largest absolute Gasteiger partial charge is 0.369 e. The van der Waals surface area contributed by atoms with Gasteiger partial charge in [-0.15, -0.1) is 0 Å². The zero-order valence-corrected chi connectivity index (χ0v) is 17.5. The predicted octanol–water partition coefficient (Wildman–Crippen LogP) is 6.27. The lowest BCUT2D eigenvalue weighted by Gasteiger charge is -2.11. The number of unbranched alkanes of at least 4 members (excludes halogenated alkanes) is 3. The molecule has 0 radical (unpaired) electrons. The molecule has 27 heavy (non-hydrogen) atoms. The van der Waals surface area contributed by atoms with Crippen molar-refractivity contribution in [2.45, 2.75) is 39.5 Å². The molecular formula is C22H25BrN4. The summed E-state index contributed by atoms with van der Waals surface area (Å²) in [7, 11) is 0. The van der Waals surface area contributed by atoms with Crippen LogP contribution in [0, 0.1) is 20.4 Å². The maximum absolute atomic E-state index is 6.85. The summed E-state index contributed by atoms with van der Waals surface area (Å²) >= 11 is 3.67. The third-order valence-corrected chi connectivity index (χ3v) is 5.36. The van der Waals surface area contributed by atoms with Crippen LogP contribution in [0.15, 0.2) is 40.9 Å². The zero-order chi connectivity index (χ0) is 19.2. The number of aryl methyl sites for hydroxylation is 2. The SMILES string of the molecule is [C-]#[N+]CCCCCCNc1c(-c2ccccc2Br)nc2cc(C)cc(C)n12. The van der Waals surface area contributed by atoms with Crippen molar-refractivity contribution < 1.29 is 0 Å². The summed E-state index contributed by atoms with van der Waals surface area (Å²) in [6, 6.07) is 12.5. The smallest absolute Gasteiger partial charge is 0.214 e. The minimum atomic E-state index is 0.644.